The van der Waals surface area contributed by atoms with Gasteiger partial charge >= 0.3 is 0 Å². The molecule has 0 aromatic heterocycles. The van der Waals surface area contributed by atoms with Crippen LogP contribution in [0.1, 0.15) is 25.3 Å². The Morgan fingerprint density at radius 3 is 2.20 bits per heavy atom. The second-order valence-corrected chi connectivity index (χ2v) is 6.04. The molecule has 25 heavy (non-hydrogen) atoms. The monoisotopic (exact) mass is 361 g/mol. The number of carbonyl (C=O) groups is 1. The van der Waals surface area contributed by atoms with Gasteiger partial charge in [-0.3, -0.25) is 4.79 Å². The second-order valence-electron chi connectivity index (χ2n) is 5.60. The molecule has 1 amide bonds. The molecule has 1 N–H and O–H groups in total. The predicted octanol–water partition coefficient (Wildman–Crippen LogP) is 4.26. The summed E-state index contributed by atoms with van der Waals surface area (Å²) in [5.41, 5.74) is 1.28. The third-order valence-electron chi connectivity index (χ3n) is 3.66. The van der Waals surface area contributed by atoms with Crippen molar-refractivity contribution in [2.24, 2.45) is 0 Å². The SMILES string of the molecule is CCc1ccc(OCCNC(=O)CCCOc2ccc(Cl)cc2)cc1. The average Bonchev–Trinajstić information content (AvgIpc) is 2.64. The molecule has 0 fully saturated rings. The van der Waals surface area contributed by atoms with Crippen LogP contribution in [-0.4, -0.2) is 25.7 Å². The number of hydrogen-bond donors (Lipinski definition) is 1. The number of rotatable bonds is 10. The van der Waals surface area contributed by atoms with E-state index in [9.17, 15) is 4.79 Å². The molecule has 2 aromatic carbocycles. The minimum atomic E-state index is 0.00429. The highest BCUT2D eigenvalue weighted by molar-refractivity contribution is 6.30. The van der Waals surface area contributed by atoms with Gasteiger partial charge in [-0.2, -0.15) is 0 Å². The Hall–Kier alpha value is -2.20. The third kappa shape index (κ3) is 7.48. The van der Waals surface area contributed by atoms with Gasteiger partial charge in [0.05, 0.1) is 13.2 Å². The summed E-state index contributed by atoms with van der Waals surface area (Å²) in [6.07, 6.45) is 2.10. The molecule has 0 atom stereocenters. The van der Waals surface area contributed by atoms with Crippen molar-refractivity contribution in [3.8, 4) is 11.5 Å². The Kier molecular flexibility index (Phi) is 8.13. The van der Waals surface area contributed by atoms with Gasteiger partial charge < -0.3 is 14.8 Å². The van der Waals surface area contributed by atoms with Gasteiger partial charge in [0.25, 0.3) is 0 Å². The molecule has 0 spiro atoms. The molecule has 0 bridgehead atoms. The number of nitrogens with one attached hydrogen (secondary N) is 1. The van der Waals surface area contributed by atoms with Crippen LogP contribution in [0.5, 0.6) is 11.5 Å². The molecular formula is C20H24ClNO3. The zero-order chi connectivity index (χ0) is 17.9. The number of carbonyl (C=O) groups excluding carboxylic acids is 1. The smallest absolute Gasteiger partial charge is 0.220 e. The van der Waals surface area contributed by atoms with Crippen LogP contribution in [0.4, 0.5) is 0 Å². The molecular weight excluding hydrogens is 338 g/mol. The molecule has 134 valence electrons. The van der Waals surface area contributed by atoms with Gasteiger partial charge in [0.1, 0.15) is 18.1 Å². The number of hydrogen-bond acceptors (Lipinski definition) is 3. The first-order chi connectivity index (χ1) is 12.2. The number of amides is 1. The Morgan fingerprint density at radius 2 is 1.56 bits per heavy atom. The van der Waals surface area contributed by atoms with E-state index in [-0.39, 0.29) is 5.91 Å². The minimum Gasteiger partial charge on any atom is -0.494 e. The maximum absolute atomic E-state index is 11.8. The van der Waals surface area contributed by atoms with E-state index in [1.807, 2.05) is 24.3 Å². The van der Waals surface area contributed by atoms with Crippen molar-refractivity contribution in [1.82, 2.24) is 5.32 Å². The van der Waals surface area contributed by atoms with E-state index in [1.165, 1.54) is 5.56 Å². The van der Waals surface area contributed by atoms with Crippen LogP contribution < -0.4 is 14.8 Å². The molecule has 0 saturated heterocycles. The predicted molar refractivity (Wildman–Crippen MR) is 101 cm³/mol. The summed E-state index contributed by atoms with van der Waals surface area (Å²) in [6.45, 7) is 3.56. The molecule has 0 aliphatic heterocycles. The maximum atomic E-state index is 11.8. The highest BCUT2D eigenvalue weighted by Crippen LogP contribution is 2.15. The van der Waals surface area contributed by atoms with E-state index in [1.54, 1.807) is 12.1 Å². The fraction of sp³-hybridized carbons (Fsp3) is 0.350. The lowest BCUT2D eigenvalue weighted by Crippen LogP contribution is -2.28. The van der Waals surface area contributed by atoms with Crippen molar-refractivity contribution in [1.29, 1.82) is 0 Å². The molecule has 0 unspecified atom stereocenters. The summed E-state index contributed by atoms with van der Waals surface area (Å²) in [5.74, 6) is 1.58. The standard InChI is InChI=1S/C20H24ClNO3/c1-2-16-5-9-18(10-6-16)25-15-13-22-20(23)4-3-14-24-19-11-7-17(21)8-12-19/h5-12H,2-4,13-15H2,1H3,(H,22,23). The van der Waals surface area contributed by atoms with E-state index < -0.39 is 0 Å². The zero-order valence-electron chi connectivity index (χ0n) is 14.5. The fourth-order valence-electron chi connectivity index (χ4n) is 2.22. The molecule has 0 aliphatic rings. The third-order valence-corrected chi connectivity index (χ3v) is 3.91. The summed E-state index contributed by atoms with van der Waals surface area (Å²) < 4.78 is 11.1. The van der Waals surface area contributed by atoms with E-state index in [0.717, 1.165) is 17.9 Å². The topological polar surface area (TPSA) is 47.6 Å². The lowest BCUT2D eigenvalue weighted by Gasteiger charge is -2.09. The van der Waals surface area contributed by atoms with Crippen LogP contribution in [-0.2, 0) is 11.2 Å². The first kappa shape index (κ1) is 19.1. The zero-order valence-corrected chi connectivity index (χ0v) is 15.2. The van der Waals surface area contributed by atoms with Gasteiger partial charge in [0.15, 0.2) is 0 Å². The van der Waals surface area contributed by atoms with E-state index in [4.69, 9.17) is 21.1 Å². The van der Waals surface area contributed by atoms with Crippen LogP contribution in [0, 0.1) is 0 Å². The second kappa shape index (κ2) is 10.6. The quantitative estimate of drug-likeness (QED) is 0.643. The molecule has 2 rings (SSSR count). The number of benzene rings is 2. The van der Waals surface area contributed by atoms with Crippen molar-refractivity contribution in [3.63, 3.8) is 0 Å². The average molecular weight is 362 g/mol. The largest absolute Gasteiger partial charge is 0.494 e. The van der Waals surface area contributed by atoms with Crippen LogP contribution in [0.25, 0.3) is 0 Å². The normalized spacial score (nSPS) is 10.3. The van der Waals surface area contributed by atoms with Crippen LogP contribution in [0.3, 0.4) is 0 Å². The first-order valence-corrected chi connectivity index (χ1v) is 8.92. The van der Waals surface area contributed by atoms with Gasteiger partial charge in [0, 0.05) is 11.4 Å². The van der Waals surface area contributed by atoms with Crippen LogP contribution >= 0.6 is 11.6 Å². The summed E-state index contributed by atoms with van der Waals surface area (Å²) in [5, 5.41) is 3.52. The van der Waals surface area contributed by atoms with Crippen molar-refractivity contribution < 1.29 is 14.3 Å². The summed E-state index contributed by atoms with van der Waals surface area (Å²) in [6, 6.07) is 15.2. The molecule has 4 nitrogen and oxygen atoms in total. The number of aryl methyl sites for hydroxylation is 1. The van der Waals surface area contributed by atoms with Crippen molar-refractivity contribution >= 4 is 17.5 Å². The van der Waals surface area contributed by atoms with Gasteiger partial charge in [-0.1, -0.05) is 30.7 Å². The van der Waals surface area contributed by atoms with Gasteiger partial charge in [0.2, 0.25) is 5.91 Å². The molecule has 0 aliphatic carbocycles. The Bertz CT molecular complexity index is 641. The number of halogens is 1. The van der Waals surface area contributed by atoms with Gasteiger partial charge in [-0.25, -0.2) is 0 Å². The van der Waals surface area contributed by atoms with Crippen LogP contribution in [0.2, 0.25) is 5.02 Å². The highest BCUT2D eigenvalue weighted by Gasteiger charge is 2.02. The lowest BCUT2D eigenvalue weighted by molar-refractivity contribution is -0.121. The molecule has 0 saturated carbocycles. The Balaban J connectivity index is 1.52. The van der Waals surface area contributed by atoms with E-state index in [2.05, 4.69) is 24.4 Å². The Labute approximate surface area is 154 Å². The molecule has 0 radical (unpaired) electrons. The van der Waals surface area contributed by atoms with E-state index >= 15 is 0 Å². The van der Waals surface area contributed by atoms with E-state index in [0.29, 0.717) is 37.6 Å². The summed E-state index contributed by atoms with van der Waals surface area (Å²) in [4.78, 5) is 11.8. The maximum Gasteiger partial charge on any atom is 0.220 e. The molecule has 5 heteroatoms. The minimum absolute atomic E-state index is 0.00429. The number of ether oxygens (including phenoxy) is 2. The van der Waals surface area contributed by atoms with Gasteiger partial charge in [-0.05, 0) is 54.8 Å². The van der Waals surface area contributed by atoms with Crippen LogP contribution in [0.15, 0.2) is 48.5 Å². The fourth-order valence-corrected chi connectivity index (χ4v) is 2.35. The Morgan fingerprint density at radius 1 is 0.960 bits per heavy atom. The van der Waals surface area contributed by atoms with Crippen molar-refractivity contribution in [2.45, 2.75) is 26.2 Å². The van der Waals surface area contributed by atoms with Crippen molar-refractivity contribution in [2.75, 3.05) is 19.8 Å². The highest BCUT2D eigenvalue weighted by atomic mass is 35.5. The van der Waals surface area contributed by atoms with Gasteiger partial charge in [-0.15, -0.1) is 0 Å². The summed E-state index contributed by atoms with van der Waals surface area (Å²) in [7, 11) is 0. The lowest BCUT2D eigenvalue weighted by atomic mass is 10.2. The molecule has 2 aromatic rings. The first-order valence-electron chi connectivity index (χ1n) is 8.54. The summed E-state index contributed by atoms with van der Waals surface area (Å²) >= 11 is 5.81. The molecule has 0 heterocycles. The van der Waals surface area contributed by atoms with Crippen molar-refractivity contribution in [3.05, 3.63) is 59.1 Å².